The van der Waals surface area contributed by atoms with Gasteiger partial charge < -0.3 is 9.73 Å². The van der Waals surface area contributed by atoms with E-state index in [1.54, 1.807) is 17.6 Å². The van der Waals surface area contributed by atoms with Crippen molar-refractivity contribution < 1.29 is 4.42 Å². The lowest BCUT2D eigenvalue weighted by Gasteiger charge is -2.15. The zero-order chi connectivity index (χ0) is 12.3. The molecule has 0 aliphatic rings. The minimum atomic E-state index is 0.249. The van der Waals surface area contributed by atoms with Crippen LogP contribution in [0, 0.1) is 6.92 Å². The number of hydrogen-bond acceptors (Lipinski definition) is 4. The Balaban J connectivity index is 2.15. The van der Waals surface area contributed by atoms with Crippen molar-refractivity contribution in [1.82, 2.24) is 10.3 Å². The molecule has 0 aliphatic carbocycles. The number of hydrogen-bond donors (Lipinski definition) is 1. The number of aromatic nitrogens is 1. The van der Waals surface area contributed by atoms with Gasteiger partial charge in [-0.25, -0.2) is 4.98 Å². The summed E-state index contributed by atoms with van der Waals surface area (Å²) < 4.78 is 6.10. The summed E-state index contributed by atoms with van der Waals surface area (Å²) in [7, 11) is 0. The molecule has 3 nitrogen and oxygen atoms in total. The van der Waals surface area contributed by atoms with Crippen molar-refractivity contribution in [2.75, 3.05) is 6.54 Å². The Bertz CT molecular complexity index is 480. The van der Waals surface area contributed by atoms with Gasteiger partial charge in [0.05, 0.1) is 11.3 Å². The van der Waals surface area contributed by atoms with Crippen LogP contribution in [0.15, 0.2) is 26.8 Å². The van der Waals surface area contributed by atoms with Gasteiger partial charge in [-0.3, -0.25) is 0 Å². The van der Waals surface area contributed by atoms with Gasteiger partial charge in [0.2, 0.25) is 0 Å². The standard InChI is InChI=1S/C12H15BrN2OS/c1-3-14-10(9-4-5-16-12(9)13)6-11-15-8(2)7-17-11/h4-5,7,10,14H,3,6H2,1-2H3. The van der Waals surface area contributed by atoms with E-state index in [2.05, 4.69) is 38.5 Å². The van der Waals surface area contributed by atoms with Crippen LogP contribution in [-0.2, 0) is 6.42 Å². The smallest absolute Gasteiger partial charge is 0.173 e. The number of furan rings is 1. The Morgan fingerprint density at radius 3 is 2.94 bits per heavy atom. The van der Waals surface area contributed by atoms with Crippen molar-refractivity contribution in [3.05, 3.63) is 38.6 Å². The van der Waals surface area contributed by atoms with Gasteiger partial charge in [0.15, 0.2) is 4.67 Å². The fourth-order valence-corrected chi connectivity index (χ4v) is 3.10. The number of halogens is 1. The number of thiazole rings is 1. The number of nitrogens with zero attached hydrogens (tertiary/aromatic N) is 1. The monoisotopic (exact) mass is 314 g/mol. The molecule has 0 aliphatic heterocycles. The van der Waals surface area contributed by atoms with Crippen molar-refractivity contribution in [3.8, 4) is 0 Å². The molecule has 0 saturated heterocycles. The Kier molecular flexibility index (Phi) is 4.36. The van der Waals surface area contributed by atoms with Crippen molar-refractivity contribution in [1.29, 1.82) is 0 Å². The van der Waals surface area contributed by atoms with Gasteiger partial charge in [0, 0.05) is 29.1 Å². The Labute approximate surface area is 113 Å². The molecule has 0 fully saturated rings. The van der Waals surface area contributed by atoms with E-state index in [0.29, 0.717) is 0 Å². The first-order valence-electron chi connectivity index (χ1n) is 5.58. The summed E-state index contributed by atoms with van der Waals surface area (Å²) in [5.41, 5.74) is 2.24. The maximum Gasteiger partial charge on any atom is 0.173 e. The van der Waals surface area contributed by atoms with E-state index < -0.39 is 0 Å². The molecule has 2 rings (SSSR count). The molecule has 0 aromatic carbocycles. The Morgan fingerprint density at radius 1 is 1.59 bits per heavy atom. The number of nitrogens with one attached hydrogen (secondary N) is 1. The van der Waals surface area contributed by atoms with Crippen LogP contribution >= 0.6 is 27.3 Å². The summed E-state index contributed by atoms with van der Waals surface area (Å²) in [5, 5.41) is 6.70. The fraction of sp³-hybridized carbons (Fsp3) is 0.417. The molecular weight excluding hydrogens is 300 g/mol. The van der Waals surface area contributed by atoms with E-state index in [1.165, 1.54) is 0 Å². The van der Waals surface area contributed by atoms with Crippen LogP contribution < -0.4 is 5.32 Å². The summed E-state index contributed by atoms with van der Waals surface area (Å²) in [6, 6.07) is 2.25. The summed E-state index contributed by atoms with van der Waals surface area (Å²) in [5.74, 6) is 0. The molecule has 2 heterocycles. The van der Waals surface area contributed by atoms with Crippen molar-refractivity contribution in [2.45, 2.75) is 26.3 Å². The quantitative estimate of drug-likeness (QED) is 0.914. The highest BCUT2D eigenvalue weighted by atomic mass is 79.9. The first-order chi connectivity index (χ1) is 8.20. The molecule has 0 spiro atoms. The van der Waals surface area contributed by atoms with Crippen LogP contribution in [0.1, 0.15) is 29.2 Å². The van der Waals surface area contributed by atoms with Crippen LogP contribution in [0.3, 0.4) is 0 Å². The summed E-state index contributed by atoms with van der Waals surface area (Å²) in [6.45, 7) is 5.05. The molecule has 0 radical (unpaired) electrons. The van der Waals surface area contributed by atoms with Crippen LogP contribution in [0.2, 0.25) is 0 Å². The first kappa shape index (κ1) is 12.8. The largest absolute Gasteiger partial charge is 0.457 e. The van der Waals surface area contributed by atoms with Crippen LogP contribution in [0.4, 0.5) is 0 Å². The second-order valence-corrected chi connectivity index (χ2v) is 5.51. The van der Waals surface area contributed by atoms with Crippen molar-refractivity contribution in [3.63, 3.8) is 0 Å². The second-order valence-electron chi connectivity index (χ2n) is 3.85. The van der Waals surface area contributed by atoms with E-state index in [4.69, 9.17) is 4.42 Å². The first-order valence-corrected chi connectivity index (χ1v) is 7.25. The average Bonchev–Trinajstić information content (AvgIpc) is 2.87. The highest BCUT2D eigenvalue weighted by Gasteiger charge is 2.17. The third-order valence-corrected chi connectivity index (χ3v) is 4.15. The predicted molar refractivity (Wildman–Crippen MR) is 73.4 cm³/mol. The van der Waals surface area contributed by atoms with Crippen molar-refractivity contribution in [2.24, 2.45) is 0 Å². The topological polar surface area (TPSA) is 38.1 Å². The minimum absolute atomic E-state index is 0.249. The molecule has 92 valence electrons. The lowest BCUT2D eigenvalue weighted by Crippen LogP contribution is -2.22. The van der Waals surface area contributed by atoms with Gasteiger partial charge in [0.25, 0.3) is 0 Å². The van der Waals surface area contributed by atoms with Gasteiger partial charge in [-0.2, -0.15) is 0 Å². The van der Waals surface area contributed by atoms with E-state index in [9.17, 15) is 0 Å². The highest BCUT2D eigenvalue weighted by molar-refractivity contribution is 9.10. The number of rotatable bonds is 5. The Morgan fingerprint density at radius 2 is 2.41 bits per heavy atom. The van der Waals surface area contributed by atoms with E-state index in [-0.39, 0.29) is 6.04 Å². The molecule has 17 heavy (non-hydrogen) atoms. The van der Waals surface area contributed by atoms with E-state index in [0.717, 1.165) is 33.9 Å². The average molecular weight is 315 g/mol. The van der Waals surface area contributed by atoms with Gasteiger partial charge in [0.1, 0.15) is 0 Å². The minimum Gasteiger partial charge on any atom is -0.457 e. The second kappa shape index (κ2) is 5.80. The third-order valence-electron chi connectivity index (χ3n) is 2.52. The predicted octanol–water partition coefficient (Wildman–Crippen LogP) is 3.70. The zero-order valence-corrected chi connectivity index (χ0v) is 12.3. The van der Waals surface area contributed by atoms with Crippen molar-refractivity contribution >= 4 is 27.3 Å². The molecule has 0 bridgehead atoms. The van der Waals surface area contributed by atoms with Gasteiger partial charge in [-0.05, 0) is 35.5 Å². The molecule has 1 N–H and O–H groups in total. The zero-order valence-electron chi connectivity index (χ0n) is 9.87. The molecule has 5 heteroatoms. The van der Waals surface area contributed by atoms with Crippen LogP contribution in [0.5, 0.6) is 0 Å². The molecule has 1 unspecified atom stereocenters. The lowest BCUT2D eigenvalue weighted by atomic mass is 10.1. The van der Waals surface area contributed by atoms with E-state index in [1.807, 2.05) is 13.0 Å². The molecule has 1 atom stereocenters. The third kappa shape index (κ3) is 3.18. The molecule has 2 aromatic rings. The summed E-state index contributed by atoms with van der Waals surface area (Å²) in [6.07, 6.45) is 2.60. The van der Waals surface area contributed by atoms with Crippen LogP contribution in [0.25, 0.3) is 0 Å². The summed E-state index contributed by atoms with van der Waals surface area (Å²) >= 11 is 5.14. The normalized spacial score (nSPS) is 12.9. The molecule has 2 aromatic heterocycles. The van der Waals surface area contributed by atoms with Gasteiger partial charge >= 0.3 is 0 Å². The van der Waals surface area contributed by atoms with Gasteiger partial charge in [-0.15, -0.1) is 11.3 Å². The molecular formula is C12H15BrN2OS. The SMILES string of the molecule is CCNC(Cc1nc(C)cs1)c1ccoc1Br. The number of aryl methyl sites for hydroxylation is 1. The maximum atomic E-state index is 5.29. The van der Waals surface area contributed by atoms with Gasteiger partial charge in [-0.1, -0.05) is 6.92 Å². The van der Waals surface area contributed by atoms with E-state index >= 15 is 0 Å². The Hall–Kier alpha value is -0.650. The molecule has 0 amide bonds. The summed E-state index contributed by atoms with van der Waals surface area (Å²) in [4.78, 5) is 4.50. The van der Waals surface area contributed by atoms with Crippen LogP contribution in [-0.4, -0.2) is 11.5 Å². The lowest BCUT2D eigenvalue weighted by molar-refractivity contribution is 0.506. The molecule has 0 saturated carbocycles. The highest BCUT2D eigenvalue weighted by Crippen LogP contribution is 2.27. The fourth-order valence-electron chi connectivity index (χ4n) is 1.76. The number of likely N-dealkylation sites (N-methyl/N-ethyl adjacent to an activating group) is 1. The maximum absolute atomic E-state index is 5.29.